The molecular weight excluding hydrogens is 260 g/mol. The molecule has 0 spiro atoms. The topological polar surface area (TPSA) is 55.1 Å². The Labute approximate surface area is 125 Å². The number of nitrogen functional groups attached to an aromatic ring is 1. The third kappa shape index (κ3) is 2.77. The van der Waals surface area contributed by atoms with Crippen LogP contribution in [0, 0.1) is 6.92 Å². The number of aryl methyl sites for hydroxylation is 2. The molecule has 3 rings (SSSR count). The van der Waals surface area contributed by atoms with Crippen LogP contribution in [0.5, 0.6) is 0 Å². The Bertz CT molecular complexity index is 679. The number of hydrogen-bond acceptors (Lipinski definition) is 2. The van der Waals surface area contributed by atoms with Crippen LogP contribution in [0.25, 0.3) is 0 Å². The number of benzene rings is 2. The van der Waals surface area contributed by atoms with Crippen LogP contribution in [0.1, 0.15) is 35.4 Å². The van der Waals surface area contributed by atoms with Crippen molar-refractivity contribution in [1.29, 1.82) is 0 Å². The number of nitrogens with two attached hydrogens (primary N) is 1. The molecule has 3 N–H and O–H groups in total. The lowest BCUT2D eigenvalue weighted by Crippen LogP contribution is -2.24. The quantitative estimate of drug-likeness (QED) is 0.825. The number of hydrogen-bond donors (Lipinski definition) is 2. The summed E-state index contributed by atoms with van der Waals surface area (Å²) in [5, 5.41) is 3.03. The van der Waals surface area contributed by atoms with E-state index in [1.807, 2.05) is 37.3 Å². The van der Waals surface area contributed by atoms with Gasteiger partial charge in [-0.05, 0) is 61.1 Å². The fraction of sp³-hybridized carbons (Fsp3) is 0.278. The molecule has 1 aliphatic rings. The molecule has 1 unspecified atom stereocenters. The van der Waals surface area contributed by atoms with Gasteiger partial charge >= 0.3 is 0 Å². The number of fused-ring (bicyclic) bond motifs is 1. The van der Waals surface area contributed by atoms with Crippen molar-refractivity contribution in [2.75, 3.05) is 11.1 Å². The van der Waals surface area contributed by atoms with Gasteiger partial charge in [-0.3, -0.25) is 4.79 Å². The lowest BCUT2D eigenvalue weighted by atomic mass is 9.82. The zero-order valence-electron chi connectivity index (χ0n) is 12.2. The van der Waals surface area contributed by atoms with Gasteiger partial charge in [0.1, 0.15) is 0 Å². The van der Waals surface area contributed by atoms with E-state index in [0.29, 0.717) is 0 Å². The number of carbonyl (C=O) groups is 1. The van der Waals surface area contributed by atoms with E-state index in [1.54, 1.807) is 0 Å². The summed E-state index contributed by atoms with van der Waals surface area (Å²) in [6.45, 7) is 1.95. The van der Waals surface area contributed by atoms with Crippen LogP contribution in [0.2, 0.25) is 0 Å². The molecule has 0 radical (unpaired) electrons. The van der Waals surface area contributed by atoms with Gasteiger partial charge in [0.15, 0.2) is 0 Å². The largest absolute Gasteiger partial charge is 0.399 e. The molecule has 0 aromatic heterocycles. The molecule has 3 heteroatoms. The van der Waals surface area contributed by atoms with E-state index in [2.05, 4.69) is 17.4 Å². The minimum absolute atomic E-state index is 0.0483. The van der Waals surface area contributed by atoms with E-state index < -0.39 is 0 Å². The van der Waals surface area contributed by atoms with E-state index in [1.165, 1.54) is 11.1 Å². The molecule has 2 aromatic rings. The van der Waals surface area contributed by atoms with Crippen molar-refractivity contribution in [3.05, 3.63) is 59.2 Å². The third-order valence-electron chi connectivity index (χ3n) is 4.22. The SMILES string of the molecule is Cc1cc(NC(=O)C2CCCc3ccccc32)ccc1N. The standard InChI is InChI=1S/C18H20N2O/c1-12-11-14(9-10-17(12)19)20-18(21)16-8-4-6-13-5-2-3-7-15(13)16/h2-3,5,7,9-11,16H,4,6,8,19H2,1H3,(H,20,21). The highest BCUT2D eigenvalue weighted by atomic mass is 16.1. The van der Waals surface area contributed by atoms with E-state index in [4.69, 9.17) is 5.73 Å². The molecule has 0 saturated heterocycles. The van der Waals surface area contributed by atoms with Crippen LogP contribution in [0.3, 0.4) is 0 Å². The first kappa shape index (κ1) is 13.7. The average molecular weight is 280 g/mol. The van der Waals surface area contributed by atoms with Crippen molar-refractivity contribution in [2.45, 2.75) is 32.1 Å². The highest BCUT2D eigenvalue weighted by molar-refractivity contribution is 5.96. The van der Waals surface area contributed by atoms with Crippen molar-refractivity contribution in [3.8, 4) is 0 Å². The molecule has 0 saturated carbocycles. The predicted octanol–water partition coefficient (Wildman–Crippen LogP) is 3.64. The first-order valence-electron chi connectivity index (χ1n) is 7.40. The molecule has 3 nitrogen and oxygen atoms in total. The van der Waals surface area contributed by atoms with E-state index in [0.717, 1.165) is 36.2 Å². The van der Waals surface area contributed by atoms with Crippen LogP contribution in [-0.4, -0.2) is 5.91 Å². The minimum atomic E-state index is -0.0483. The monoisotopic (exact) mass is 280 g/mol. The highest BCUT2D eigenvalue weighted by Gasteiger charge is 2.26. The lowest BCUT2D eigenvalue weighted by Gasteiger charge is -2.24. The molecule has 2 aromatic carbocycles. The maximum Gasteiger partial charge on any atom is 0.231 e. The summed E-state index contributed by atoms with van der Waals surface area (Å²) < 4.78 is 0. The van der Waals surface area contributed by atoms with E-state index >= 15 is 0 Å². The molecule has 1 amide bonds. The summed E-state index contributed by atoms with van der Waals surface area (Å²) in [6, 6.07) is 13.9. The summed E-state index contributed by atoms with van der Waals surface area (Å²) in [6.07, 6.45) is 3.05. The van der Waals surface area contributed by atoms with Gasteiger partial charge in [-0.25, -0.2) is 0 Å². The minimum Gasteiger partial charge on any atom is -0.399 e. The van der Waals surface area contributed by atoms with Crippen LogP contribution < -0.4 is 11.1 Å². The maximum absolute atomic E-state index is 12.6. The Morgan fingerprint density at radius 1 is 1.24 bits per heavy atom. The number of anilines is 2. The van der Waals surface area contributed by atoms with E-state index in [9.17, 15) is 4.79 Å². The second-order valence-electron chi connectivity index (χ2n) is 5.70. The number of carbonyl (C=O) groups excluding carboxylic acids is 1. The molecule has 0 fully saturated rings. The van der Waals surface area contributed by atoms with Gasteiger partial charge in [-0.1, -0.05) is 24.3 Å². The first-order chi connectivity index (χ1) is 10.1. The Morgan fingerprint density at radius 2 is 2.05 bits per heavy atom. The number of amides is 1. The van der Waals surface area contributed by atoms with E-state index in [-0.39, 0.29) is 11.8 Å². The highest BCUT2D eigenvalue weighted by Crippen LogP contribution is 2.32. The Kier molecular flexibility index (Phi) is 3.65. The maximum atomic E-state index is 12.6. The summed E-state index contributed by atoms with van der Waals surface area (Å²) in [5.74, 6) is 0.0270. The second-order valence-corrected chi connectivity index (χ2v) is 5.70. The molecule has 1 aliphatic carbocycles. The fourth-order valence-electron chi connectivity index (χ4n) is 3.01. The average Bonchev–Trinajstić information content (AvgIpc) is 2.50. The van der Waals surface area contributed by atoms with Gasteiger partial charge in [0.05, 0.1) is 5.92 Å². The Morgan fingerprint density at radius 3 is 2.86 bits per heavy atom. The van der Waals surface area contributed by atoms with Gasteiger partial charge in [0.25, 0.3) is 0 Å². The molecule has 21 heavy (non-hydrogen) atoms. The zero-order chi connectivity index (χ0) is 14.8. The summed E-state index contributed by atoms with van der Waals surface area (Å²) in [7, 11) is 0. The summed E-state index contributed by atoms with van der Waals surface area (Å²) in [5.41, 5.74) is 10.8. The normalized spacial score (nSPS) is 17.1. The van der Waals surface area contributed by atoms with Crippen molar-refractivity contribution in [2.24, 2.45) is 0 Å². The molecule has 0 heterocycles. The van der Waals surface area contributed by atoms with Crippen molar-refractivity contribution < 1.29 is 4.79 Å². The predicted molar refractivity (Wildman–Crippen MR) is 86.3 cm³/mol. The van der Waals surface area contributed by atoms with Crippen molar-refractivity contribution in [1.82, 2.24) is 0 Å². The van der Waals surface area contributed by atoms with Gasteiger partial charge < -0.3 is 11.1 Å². The van der Waals surface area contributed by atoms with Crippen LogP contribution in [0.4, 0.5) is 11.4 Å². The summed E-state index contributed by atoms with van der Waals surface area (Å²) >= 11 is 0. The summed E-state index contributed by atoms with van der Waals surface area (Å²) in [4.78, 5) is 12.6. The molecule has 0 bridgehead atoms. The molecule has 1 atom stereocenters. The van der Waals surface area contributed by atoms with Gasteiger partial charge in [0, 0.05) is 11.4 Å². The molecule has 0 aliphatic heterocycles. The smallest absolute Gasteiger partial charge is 0.231 e. The number of rotatable bonds is 2. The second kappa shape index (κ2) is 5.60. The molecule has 108 valence electrons. The zero-order valence-corrected chi connectivity index (χ0v) is 12.2. The third-order valence-corrected chi connectivity index (χ3v) is 4.22. The first-order valence-corrected chi connectivity index (χ1v) is 7.40. The lowest BCUT2D eigenvalue weighted by molar-refractivity contribution is -0.117. The van der Waals surface area contributed by atoms with Crippen LogP contribution in [-0.2, 0) is 11.2 Å². The van der Waals surface area contributed by atoms with Gasteiger partial charge in [-0.15, -0.1) is 0 Å². The van der Waals surface area contributed by atoms with Crippen LogP contribution in [0.15, 0.2) is 42.5 Å². The fourth-order valence-corrected chi connectivity index (χ4v) is 3.01. The van der Waals surface area contributed by atoms with Crippen molar-refractivity contribution in [3.63, 3.8) is 0 Å². The van der Waals surface area contributed by atoms with Gasteiger partial charge in [0.2, 0.25) is 5.91 Å². The Balaban J connectivity index is 1.81. The number of nitrogens with one attached hydrogen (secondary N) is 1. The van der Waals surface area contributed by atoms with Crippen LogP contribution >= 0.6 is 0 Å². The Hall–Kier alpha value is -2.29. The molecular formula is C18H20N2O. The van der Waals surface area contributed by atoms with Gasteiger partial charge in [-0.2, -0.15) is 0 Å². The van der Waals surface area contributed by atoms with Crippen molar-refractivity contribution >= 4 is 17.3 Å².